The van der Waals surface area contributed by atoms with Crippen LogP contribution in [0, 0.1) is 0 Å². The van der Waals surface area contributed by atoms with Crippen LogP contribution in [0.1, 0.15) is 70.9 Å². The smallest absolute Gasteiger partial charge is 0.122 e. The number of rotatable bonds is 2. The van der Waals surface area contributed by atoms with Gasteiger partial charge in [0, 0.05) is 11.8 Å². The molecule has 0 aliphatic heterocycles. The monoisotopic (exact) mass is 320 g/mol. The summed E-state index contributed by atoms with van der Waals surface area (Å²) in [4.78, 5) is 0. The van der Waals surface area contributed by atoms with Gasteiger partial charge in [0.1, 0.15) is 11.5 Å². The molecule has 0 radical (unpaired) electrons. The van der Waals surface area contributed by atoms with E-state index in [1.54, 1.807) is 22.3 Å². The molecule has 0 heterocycles. The number of hydrogen-bond acceptors (Lipinski definition) is 2. The first-order valence-electron chi connectivity index (χ1n) is 9.22. The molecule has 2 aromatic rings. The lowest BCUT2D eigenvalue weighted by molar-refractivity contribution is 0.397. The predicted octanol–water partition coefficient (Wildman–Crippen LogP) is 4.95. The van der Waals surface area contributed by atoms with Crippen molar-refractivity contribution in [2.24, 2.45) is 0 Å². The van der Waals surface area contributed by atoms with Gasteiger partial charge in [0.25, 0.3) is 0 Å². The second-order valence-corrected chi connectivity index (χ2v) is 7.39. The third-order valence-electron chi connectivity index (χ3n) is 6.42. The Morgan fingerprint density at radius 3 is 1.58 bits per heavy atom. The van der Waals surface area contributed by atoms with Crippen LogP contribution in [0.15, 0.2) is 24.3 Å². The van der Waals surface area contributed by atoms with Gasteiger partial charge in [-0.25, -0.2) is 0 Å². The van der Waals surface area contributed by atoms with E-state index in [1.807, 2.05) is 14.2 Å². The fraction of sp³-hybridized carbons (Fsp3) is 0.455. The van der Waals surface area contributed by atoms with Gasteiger partial charge in [-0.3, -0.25) is 0 Å². The quantitative estimate of drug-likeness (QED) is 0.779. The highest BCUT2D eigenvalue weighted by Gasteiger charge is 2.39. The summed E-state index contributed by atoms with van der Waals surface area (Å²) < 4.78 is 11.4. The Morgan fingerprint density at radius 1 is 0.708 bits per heavy atom. The number of benzene rings is 2. The van der Waals surface area contributed by atoms with Crippen LogP contribution in [0.4, 0.5) is 0 Å². The van der Waals surface area contributed by atoms with Crippen LogP contribution in [-0.4, -0.2) is 14.2 Å². The summed E-state index contributed by atoms with van der Waals surface area (Å²) in [5, 5.41) is 0. The third kappa shape index (κ3) is 1.77. The van der Waals surface area contributed by atoms with Crippen molar-refractivity contribution >= 4 is 0 Å². The van der Waals surface area contributed by atoms with Crippen LogP contribution >= 0.6 is 0 Å². The maximum Gasteiger partial charge on any atom is 0.122 e. The lowest BCUT2D eigenvalue weighted by Crippen LogP contribution is -2.26. The fourth-order valence-electron chi connectivity index (χ4n) is 5.53. The average Bonchev–Trinajstić information content (AvgIpc) is 2.65. The summed E-state index contributed by atoms with van der Waals surface area (Å²) >= 11 is 0. The van der Waals surface area contributed by atoms with E-state index in [-0.39, 0.29) is 0 Å². The summed E-state index contributed by atoms with van der Waals surface area (Å²) in [7, 11) is 3.62. The zero-order valence-corrected chi connectivity index (χ0v) is 14.5. The first-order chi connectivity index (χ1) is 11.8. The molecule has 0 aromatic heterocycles. The Labute approximate surface area is 143 Å². The summed E-state index contributed by atoms with van der Waals surface area (Å²) in [5.74, 6) is 3.28. The van der Waals surface area contributed by atoms with Crippen molar-refractivity contribution in [3.05, 3.63) is 57.6 Å². The second-order valence-electron chi connectivity index (χ2n) is 7.39. The largest absolute Gasteiger partial charge is 0.496 e. The van der Waals surface area contributed by atoms with Gasteiger partial charge < -0.3 is 9.47 Å². The molecular formula is C22H24O2. The SMILES string of the molecule is COc1ccc2c3c1CCC[C@@H]3c1ccc(OC)c3c1[C@@H]2CCC3. The first kappa shape index (κ1) is 14.4. The Balaban J connectivity index is 1.81. The molecule has 0 spiro atoms. The molecular weight excluding hydrogens is 296 g/mol. The van der Waals surface area contributed by atoms with Crippen LogP contribution in [-0.2, 0) is 12.8 Å². The Bertz CT molecular complexity index is 752. The molecule has 5 rings (SSSR count). The van der Waals surface area contributed by atoms with Gasteiger partial charge in [-0.1, -0.05) is 12.1 Å². The van der Waals surface area contributed by atoms with E-state index in [2.05, 4.69) is 24.3 Å². The van der Waals surface area contributed by atoms with E-state index in [9.17, 15) is 0 Å². The van der Waals surface area contributed by atoms with Crippen molar-refractivity contribution in [1.82, 2.24) is 0 Å². The molecule has 2 heteroatoms. The zero-order valence-electron chi connectivity index (χ0n) is 14.5. The zero-order chi connectivity index (χ0) is 16.3. The van der Waals surface area contributed by atoms with Gasteiger partial charge in [-0.15, -0.1) is 0 Å². The van der Waals surface area contributed by atoms with Gasteiger partial charge in [0.15, 0.2) is 0 Å². The molecule has 124 valence electrons. The van der Waals surface area contributed by atoms with Gasteiger partial charge in [-0.2, -0.15) is 0 Å². The predicted molar refractivity (Wildman–Crippen MR) is 95.6 cm³/mol. The molecule has 3 aliphatic carbocycles. The van der Waals surface area contributed by atoms with E-state index < -0.39 is 0 Å². The highest BCUT2D eigenvalue weighted by molar-refractivity contribution is 5.63. The summed E-state index contributed by atoms with van der Waals surface area (Å²) in [6, 6.07) is 9.10. The summed E-state index contributed by atoms with van der Waals surface area (Å²) in [6.07, 6.45) is 7.35. The molecule has 24 heavy (non-hydrogen) atoms. The maximum absolute atomic E-state index is 5.70. The lowest BCUT2D eigenvalue weighted by atomic mass is 9.63. The maximum atomic E-state index is 5.70. The topological polar surface area (TPSA) is 18.5 Å². The summed E-state index contributed by atoms with van der Waals surface area (Å²) in [6.45, 7) is 0. The second kappa shape index (κ2) is 5.27. The minimum Gasteiger partial charge on any atom is -0.496 e. The average molecular weight is 320 g/mol. The standard InChI is InChI=1S/C22H24O2/c1-23-19-11-9-15-14-6-4-8-18-20(24-2)12-10-16(22(14)18)13-5-3-7-17(19)21(13)15/h9-14H,3-8H2,1-2H3/t13-,14-/m1/s1. The van der Waals surface area contributed by atoms with Crippen LogP contribution in [0.2, 0.25) is 0 Å². The number of fused-ring (bicyclic) bond motifs is 2. The lowest BCUT2D eigenvalue weighted by Gasteiger charge is -2.41. The number of ether oxygens (including phenoxy) is 2. The van der Waals surface area contributed by atoms with E-state index in [1.165, 1.54) is 36.8 Å². The Kier molecular flexibility index (Phi) is 3.16. The molecule has 2 aromatic carbocycles. The van der Waals surface area contributed by atoms with E-state index in [0.717, 1.165) is 24.3 Å². The molecule has 0 saturated heterocycles. The first-order valence-corrected chi connectivity index (χ1v) is 9.22. The molecule has 2 atom stereocenters. The molecule has 0 saturated carbocycles. The highest BCUT2D eigenvalue weighted by Crippen LogP contribution is 2.55. The molecule has 0 amide bonds. The van der Waals surface area contributed by atoms with Crippen LogP contribution in [0.5, 0.6) is 11.5 Å². The van der Waals surface area contributed by atoms with Crippen LogP contribution < -0.4 is 9.47 Å². The number of hydrogen-bond donors (Lipinski definition) is 0. The molecule has 3 aliphatic rings. The van der Waals surface area contributed by atoms with Gasteiger partial charge in [0.2, 0.25) is 0 Å². The van der Waals surface area contributed by atoms with Crippen LogP contribution in [0.3, 0.4) is 0 Å². The molecule has 0 bridgehead atoms. The van der Waals surface area contributed by atoms with Crippen molar-refractivity contribution in [3.63, 3.8) is 0 Å². The molecule has 2 nitrogen and oxygen atoms in total. The van der Waals surface area contributed by atoms with E-state index in [0.29, 0.717) is 11.8 Å². The Morgan fingerprint density at radius 2 is 1.17 bits per heavy atom. The van der Waals surface area contributed by atoms with Gasteiger partial charge in [-0.05, 0) is 84.0 Å². The van der Waals surface area contributed by atoms with Crippen molar-refractivity contribution in [3.8, 4) is 11.5 Å². The minimum atomic E-state index is 0.549. The molecule has 0 fully saturated rings. The van der Waals surface area contributed by atoms with Crippen LogP contribution in [0.25, 0.3) is 0 Å². The van der Waals surface area contributed by atoms with Gasteiger partial charge in [0.05, 0.1) is 14.2 Å². The Hall–Kier alpha value is -1.96. The molecule has 0 N–H and O–H groups in total. The fourth-order valence-corrected chi connectivity index (χ4v) is 5.53. The number of methoxy groups -OCH3 is 2. The van der Waals surface area contributed by atoms with E-state index in [4.69, 9.17) is 9.47 Å². The van der Waals surface area contributed by atoms with Crippen molar-refractivity contribution < 1.29 is 9.47 Å². The van der Waals surface area contributed by atoms with Crippen molar-refractivity contribution in [2.45, 2.75) is 50.4 Å². The minimum absolute atomic E-state index is 0.549. The van der Waals surface area contributed by atoms with Crippen molar-refractivity contribution in [1.29, 1.82) is 0 Å². The third-order valence-corrected chi connectivity index (χ3v) is 6.42. The van der Waals surface area contributed by atoms with Crippen molar-refractivity contribution in [2.75, 3.05) is 14.2 Å². The normalized spacial score (nSPS) is 23.2. The molecule has 0 unspecified atom stereocenters. The summed E-state index contributed by atoms with van der Waals surface area (Å²) in [5.41, 5.74) is 9.27. The highest BCUT2D eigenvalue weighted by atomic mass is 16.5. The van der Waals surface area contributed by atoms with E-state index >= 15 is 0 Å². The van der Waals surface area contributed by atoms with Gasteiger partial charge >= 0.3 is 0 Å².